The molecule has 0 aliphatic heterocycles. The molecule has 11 nitrogen and oxygen atoms in total. The fourth-order valence-electron chi connectivity index (χ4n) is 2.01. The molecule has 0 fully saturated rings. The average molecular weight is 379 g/mol. The van der Waals surface area contributed by atoms with Gasteiger partial charge in [0.1, 0.15) is 0 Å². The zero-order valence-electron chi connectivity index (χ0n) is 15.2. The molecule has 1 aromatic rings. The van der Waals surface area contributed by atoms with Crippen LogP contribution in [0, 0.1) is 26.1 Å². The highest BCUT2D eigenvalue weighted by atomic mass is 16.6. The highest BCUT2D eigenvalue weighted by molar-refractivity contribution is 6.00. The first-order valence-corrected chi connectivity index (χ1v) is 8.10. The van der Waals surface area contributed by atoms with E-state index in [0.717, 1.165) is 18.2 Å². The lowest BCUT2D eigenvalue weighted by Gasteiger charge is -2.07. The van der Waals surface area contributed by atoms with E-state index in [2.05, 4.69) is 15.8 Å². The van der Waals surface area contributed by atoms with E-state index < -0.39 is 27.1 Å². The van der Waals surface area contributed by atoms with E-state index in [-0.39, 0.29) is 24.3 Å². The van der Waals surface area contributed by atoms with Crippen LogP contribution in [0.25, 0.3) is 0 Å². The zero-order chi connectivity index (χ0) is 20.6. The predicted molar refractivity (Wildman–Crippen MR) is 97.2 cm³/mol. The molecule has 146 valence electrons. The molecule has 11 heteroatoms. The summed E-state index contributed by atoms with van der Waals surface area (Å²) < 4.78 is 0. The number of nitro groups is 2. The largest absolute Gasteiger partial charge is 0.356 e. The first kappa shape index (κ1) is 21.7. The third-order valence-electron chi connectivity index (χ3n) is 3.32. The molecule has 2 amide bonds. The van der Waals surface area contributed by atoms with Gasteiger partial charge in [-0.1, -0.05) is 13.8 Å². The molecule has 0 aliphatic rings. The first-order valence-electron chi connectivity index (χ1n) is 8.10. The molecule has 1 rings (SSSR count). The van der Waals surface area contributed by atoms with Gasteiger partial charge in [-0.2, -0.15) is 5.10 Å². The van der Waals surface area contributed by atoms with Crippen LogP contribution < -0.4 is 10.7 Å². The van der Waals surface area contributed by atoms with E-state index in [1.54, 1.807) is 6.92 Å². The van der Waals surface area contributed by atoms with Crippen molar-refractivity contribution in [3.63, 3.8) is 0 Å². The van der Waals surface area contributed by atoms with Crippen molar-refractivity contribution in [1.29, 1.82) is 0 Å². The quantitative estimate of drug-likeness (QED) is 0.378. The van der Waals surface area contributed by atoms with Crippen LogP contribution in [0.5, 0.6) is 0 Å². The van der Waals surface area contributed by atoms with Gasteiger partial charge >= 0.3 is 0 Å². The molecule has 1 aromatic carbocycles. The number of rotatable bonds is 9. The summed E-state index contributed by atoms with van der Waals surface area (Å²) >= 11 is 0. The lowest BCUT2D eigenvalue weighted by Crippen LogP contribution is -2.29. The van der Waals surface area contributed by atoms with Crippen LogP contribution in [-0.4, -0.2) is 33.9 Å². The zero-order valence-corrected chi connectivity index (χ0v) is 15.2. The molecule has 0 aromatic heterocycles. The Kier molecular flexibility index (Phi) is 7.98. The van der Waals surface area contributed by atoms with Crippen molar-refractivity contribution in [2.75, 3.05) is 6.54 Å². The van der Waals surface area contributed by atoms with E-state index in [9.17, 15) is 29.8 Å². The Morgan fingerprint density at radius 2 is 1.81 bits per heavy atom. The second-order valence-corrected chi connectivity index (χ2v) is 6.26. The molecule has 0 bridgehead atoms. The van der Waals surface area contributed by atoms with E-state index in [4.69, 9.17) is 0 Å². The summed E-state index contributed by atoms with van der Waals surface area (Å²) in [5.74, 6) is -0.567. The van der Waals surface area contributed by atoms with Gasteiger partial charge in [-0.25, -0.2) is 5.43 Å². The summed E-state index contributed by atoms with van der Waals surface area (Å²) in [6.07, 6.45) is -0.380. The number of nitrogens with one attached hydrogen (secondary N) is 2. The second-order valence-electron chi connectivity index (χ2n) is 6.26. The maximum absolute atomic E-state index is 11.9. The minimum absolute atomic E-state index is 0.00464. The van der Waals surface area contributed by atoms with Gasteiger partial charge in [0.05, 0.1) is 28.8 Å². The van der Waals surface area contributed by atoms with E-state index >= 15 is 0 Å². The molecule has 0 atom stereocenters. The minimum atomic E-state index is -0.788. The number of carbonyl (C=O) groups excluding carboxylic acids is 2. The number of non-ortho nitro benzene ring substituents is 1. The van der Waals surface area contributed by atoms with Gasteiger partial charge in [-0.15, -0.1) is 0 Å². The summed E-state index contributed by atoms with van der Waals surface area (Å²) in [6.45, 7) is 6.00. The van der Waals surface area contributed by atoms with Crippen molar-refractivity contribution < 1.29 is 19.4 Å². The lowest BCUT2D eigenvalue weighted by atomic mass is 10.1. The van der Waals surface area contributed by atoms with Gasteiger partial charge in [0, 0.05) is 23.9 Å². The minimum Gasteiger partial charge on any atom is -0.356 e. The van der Waals surface area contributed by atoms with E-state index in [1.807, 2.05) is 13.8 Å². The van der Waals surface area contributed by atoms with Crippen molar-refractivity contribution in [2.45, 2.75) is 33.6 Å². The predicted octanol–water partition coefficient (Wildman–Crippen LogP) is 1.70. The van der Waals surface area contributed by atoms with E-state index in [1.165, 1.54) is 0 Å². The Labute approximate surface area is 155 Å². The highest BCUT2D eigenvalue weighted by Gasteiger charge is 2.21. The van der Waals surface area contributed by atoms with Crippen LogP contribution in [0.1, 0.15) is 32.8 Å². The Balaban J connectivity index is 2.70. The van der Waals surface area contributed by atoms with Crippen LogP contribution in [0.3, 0.4) is 0 Å². The van der Waals surface area contributed by atoms with E-state index in [0.29, 0.717) is 18.2 Å². The maximum atomic E-state index is 11.9. The van der Waals surface area contributed by atoms with Crippen LogP contribution in [-0.2, 0) is 16.0 Å². The van der Waals surface area contributed by atoms with Crippen molar-refractivity contribution in [3.8, 4) is 0 Å². The van der Waals surface area contributed by atoms with Crippen LogP contribution >= 0.6 is 0 Å². The van der Waals surface area contributed by atoms with Gasteiger partial charge < -0.3 is 5.32 Å². The number of carbonyl (C=O) groups is 2. The fraction of sp³-hybridized carbons (Fsp3) is 0.438. The lowest BCUT2D eigenvalue weighted by molar-refractivity contribution is -0.394. The van der Waals surface area contributed by atoms with Gasteiger partial charge in [0.25, 0.3) is 11.4 Å². The number of amides is 2. The van der Waals surface area contributed by atoms with Crippen molar-refractivity contribution >= 4 is 28.9 Å². The Hall–Kier alpha value is -3.37. The number of benzene rings is 1. The summed E-state index contributed by atoms with van der Waals surface area (Å²) in [5.41, 5.74) is 1.64. The smallest absolute Gasteiger partial charge is 0.279 e. The maximum Gasteiger partial charge on any atom is 0.279 e. The van der Waals surface area contributed by atoms with Crippen LogP contribution in [0.4, 0.5) is 11.4 Å². The fourth-order valence-corrected chi connectivity index (χ4v) is 2.01. The molecular weight excluding hydrogens is 358 g/mol. The number of nitrogens with zero attached hydrogens (tertiary/aromatic N) is 3. The SMILES string of the molecule is C/C(CC(=O)NCC(C)C)=N\NC(=O)Cc1ccc([N+](=O)[O-])cc1[N+](=O)[O-]. The summed E-state index contributed by atoms with van der Waals surface area (Å²) in [6, 6.07) is 3.05. The monoisotopic (exact) mass is 379 g/mol. The van der Waals surface area contributed by atoms with Gasteiger partial charge in [-0.3, -0.25) is 29.8 Å². The van der Waals surface area contributed by atoms with Crippen molar-refractivity contribution in [1.82, 2.24) is 10.7 Å². The van der Waals surface area contributed by atoms with Crippen LogP contribution in [0.15, 0.2) is 23.3 Å². The molecular formula is C16H21N5O6. The number of nitro benzene ring substituents is 2. The molecule has 0 heterocycles. The van der Waals surface area contributed by atoms with Gasteiger partial charge in [-0.05, 0) is 18.9 Å². The molecule has 27 heavy (non-hydrogen) atoms. The first-order chi connectivity index (χ1) is 12.6. The van der Waals surface area contributed by atoms with Gasteiger partial charge in [0.2, 0.25) is 11.8 Å². The third-order valence-corrected chi connectivity index (χ3v) is 3.32. The topological polar surface area (TPSA) is 157 Å². The van der Waals surface area contributed by atoms with Crippen molar-refractivity contribution in [3.05, 3.63) is 44.0 Å². The number of hydrogen-bond acceptors (Lipinski definition) is 7. The molecule has 0 unspecified atom stereocenters. The third kappa shape index (κ3) is 7.59. The summed E-state index contributed by atoms with van der Waals surface area (Å²) in [7, 11) is 0. The summed E-state index contributed by atoms with van der Waals surface area (Å²) in [4.78, 5) is 43.8. The van der Waals surface area contributed by atoms with Gasteiger partial charge in [0.15, 0.2) is 0 Å². The molecule has 0 saturated heterocycles. The van der Waals surface area contributed by atoms with Crippen LogP contribution in [0.2, 0.25) is 0 Å². The molecule has 0 aliphatic carbocycles. The second kappa shape index (κ2) is 9.94. The normalized spacial score (nSPS) is 11.2. The molecule has 0 spiro atoms. The molecule has 0 saturated carbocycles. The number of hydrazone groups is 1. The standard InChI is InChI=1S/C16H21N5O6/c1-10(2)9-17-15(22)6-11(3)18-19-16(23)7-12-4-5-13(20(24)25)8-14(12)21(26)27/h4-5,8,10H,6-7,9H2,1-3H3,(H,17,22)(H,19,23)/b18-11+. The Morgan fingerprint density at radius 3 is 2.37 bits per heavy atom. The van der Waals surface area contributed by atoms with Crippen molar-refractivity contribution in [2.24, 2.45) is 11.0 Å². The average Bonchev–Trinajstić information content (AvgIpc) is 2.58. The molecule has 2 N–H and O–H groups in total. The Morgan fingerprint density at radius 1 is 1.15 bits per heavy atom. The molecule has 0 radical (unpaired) electrons. The summed E-state index contributed by atoms with van der Waals surface area (Å²) in [5, 5.41) is 28.3. The number of hydrogen-bond donors (Lipinski definition) is 2. The highest BCUT2D eigenvalue weighted by Crippen LogP contribution is 2.24. The Bertz CT molecular complexity index is 775.